The summed E-state index contributed by atoms with van der Waals surface area (Å²) < 4.78 is 16.7. The number of carbonyl (C=O) groups excluding carboxylic acids is 9. The molecule has 0 saturated heterocycles. The van der Waals surface area contributed by atoms with Gasteiger partial charge in [0.15, 0.2) is 31.1 Å². The number of nitrogens with zero attached hydrogens (tertiary/aromatic N) is 1. The van der Waals surface area contributed by atoms with Crippen LogP contribution in [0.1, 0.15) is 106 Å². The van der Waals surface area contributed by atoms with E-state index in [9.17, 15) is 43.2 Å². The van der Waals surface area contributed by atoms with Gasteiger partial charge in [-0.25, -0.2) is 53.7 Å². The molecule has 0 spiro atoms. The molecule has 0 aromatic carbocycles. The third-order valence-electron chi connectivity index (χ3n) is 9.81. The molecule has 0 radical (unpaired) electrons. The van der Waals surface area contributed by atoms with Crippen LogP contribution in [0.4, 0.5) is 4.79 Å². The standard InChI is InChI=1S/C45H83N9O22/c1-13-22-69-27-33(70-23-14-2)25-46-41(59)26-54(32(7)76-68-12)45(63)71-24-21-40(58)52-35(44(62)53-36(43(61)50-31(6)75-67-11)17-19-38(56)48-29(4)73-65-9)16-20-39(57)51-34(42(60)49-30(5)74-66-10)15-18-37(55)47-28(3)72-64-8/h28-36H,13-27H2,1-12H3,(H,46,59)(H,47,55)(H,48,56)(H,49,60)(H,50,61)(H,51,57)(H,52,58)(H,53,62). The van der Waals surface area contributed by atoms with Gasteiger partial charge in [-0.3, -0.25) is 43.3 Å². The van der Waals surface area contributed by atoms with Crippen LogP contribution in [-0.2, 0) is 101 Å². The molecule has 0 aliphatic carbocycles. The molecule has 9 amide bonds. The van der Waals surface area contributed by atoms with Crippen LogP contribution >= 0.6 is 0 Å². The molecule has 76 heavy (non-hydrogen) atoms. The Hall–Kier alpha value is -5.45. The minimum atomic E-state index is -1.61. The molecule has 0 rings (SSSR count). The normalized spacial score (nSPS) is 14.7. The Morgan fingerprint density at radius 1 is 0.447 bits per heavy atom. The molecule has 31 nitrogen and oxygen atoms in total. The molecular formula is C45H83N9O22. The van der Waals surface area contributed by atoms with Crippen molar-refractivity contribution in [3.63, 3.8) is 0 Å². The Bertz CT molecular complexity index is 1720. The van der Waals surface area contributed by atoms with E-state index in [1.54, 1.807) is 0 Å². The van der Waals surface area contributed by atoms with E-state index in [-0.39, 0.29) is 38.8 Å². The maximum Gasteiger partial charge on any atom is 0.412 e. The summed E-state index contributed by atoms with van der Waals surface area (Å²) >= 11 is 0. The number of hydrogen-bond acceptors (Lipinski definition) is 22. The van der Waals surface area contributed by atoms with Gasteiger partial charge in [-0.15, -0.1) is 0 Å². The molecule has 9 unspecified atom stereocenters. The van der Waals surface area contributed by atoms with Gasteiger partial charge in [0.2, 0.25) is 47.3 Å². The topological polar surface area (TPSA) is 373 Å². The molecule has 0 saturated carbocycles. The van der Waals surface area contributed by atoms with Crippen molar-refractivity contribution in [2.24, 2.45) is 0 Å². The van der Waals surface area contributed by atoms with Crippen LogP contribution in [0, 0.1) is 0 Å². The number of rotatable bonds is 44. The highest BCUT2D eigenvalue weighted by molar-refractivity contribution is 5.93. The van der Waals surface area contributed by atoms with E-state index in [4.69, 9.17) is 43.5 Å². The smallest absolute Gasteiger partial charge is 0.412 e. The van der Waals surface area contributed by atoms with Gasteiger partial charge in [0.25, 0.3) is 0 Å². The maximum absolute atomic E-state index is 14.1. The summed E-state index contributed by atoms with van der Waals surface area (Å²) in [4.78, 5) is 168. The van der Waals surface area contributed by atoms with Crippen molar-refractivity contribution in [1.82, 2.24) is 47.4 Å². The van der Waals surface area contributed by atoms with Gasteiger partial charge in [0.05, 0.1) is 54.7 Å². The van der Waals surface area contributed by atoms with Crippen molar-refractivity contribution in [2.45, 2.75) is 162 Å². The van der Waals surface area contributed by atoms with Crippen molar-refractivity contribution in [3.05, 3.63) is 0 Å². The predicted molar refractivity (Wildman–Crippen MR) is 261 cm³/mol. The number of amides is 9. The third-order valence-corrected chi connectivity index (χ3v) is 9.81. The monoisotopic (exact) mass is 1100 g/mol. The Labute approximate surface area is 443 Å². The lowest BCUT2D eigenvalue weighted by Gasteiger charge is -2.27. The SMILES string of the molecule is CCCOCC(CNC(=O)CN(C(=O)OCCC(=O)NC(CCC(=O)NC(CCC(=O)NC(C)OOC)C(=O)NC(C)OOC)C(=O)NC(CCC(=O)NC(C)OOC)C(=O)NC(C)OOC)C(C)OOC)OCCC. The lowest BCUT2D eigenvalue weighted by Crippen LogP contribution is -2.55. The minimum Gasteiger partial charge on any atom is -0.449 e. The van der Waals surface area contributed by atoms with Crippen molar-refractivity contribution in [2.75, 3.05) is 75.1 Å². The molecule has 31 heteroatoms. The van der Waals surface area contributed by atoms with Crippen LogP contribution in [0.25, 0.3) is 0 Å². The molecule has 0 aliphatic heterocycles. The van der Waals surface area contributed by atoms with Gasteiger partial charge in [-0.05, 0) is 66.7 Å². The van der Waals surface area contributed by atoms with Crippen LogP contribution in [0.5, 0.6) is 0 Å². The molecule has 0 aromatic heterocycles. The Morgan fingerprint density at radius 3 is 1.28 bits per heavy atom. The Balaban J connectivity index is 6.56. The van der Waals surface area contributed by atoms with Crippen molar-refractivity contribution < 1.29 is 106 Å². The maximum atomic E-state index is 14.1. The quantitative estimate of drug-likeness (QED) is 0.0158. The fourth-order valence-corrected chi connectivity index (χ4v) is 6.41. The Kier molecular flexibility index (Phi) is 39.6. The lowest BCUT2D eigenvalue weighted by molar-refractivity contribution is -0.324. The minimum absolute atomic E-state index is 0.0662. The van der Waals surface area contributed by atoms with Gasteiger partial charge in [-0.1, -0.05) is 13.8 Å². The molecule has 0 aromatic rings. The van der Waals surface area contributed by atoms with Crippen molar-refractivity contribution >= 4 is 53.4 Å². The summed E-state index contributed by atoms with van der Waals surface area (Å²) in [7, 11) is 6.07. The first-order valence-corrected chi connectivity index (χ1v) is 24.6. The summed E-state index contributed by atoms with van der Waals surface area (Å²) in [5.74, 6) is -6.14. The molecule has 0 aliphatic rings. The fraction of sp³-hybridized carbons (Fsp3) is 0.800. The van der Waals surface area contributed by atoms with E-state index in [0.717, 1.165) is 17.7 Å². The molecule has 8 N–H and O–H groups in total. The van der Waals surface area contributed by atoms with Crippen LogP contribution in [0.3, 0.4) is 0 Å². The highest BCUT2D eigenvalue weighted by Gasteiger charge is 2.31. The second-order valence-corrected chi connectivity index (χ2v) is 16.4. The first kappa shape index (κ1) is 70.5. The summed E-state index contributed by atoms with van der Waals surface area (Å²) in [5, 5.41) is 20.1. The zero-order valence-corrected chi connectivity index (χ0v) is 45.7. The molecule has 9 atom stereocenters. The van der Waals surface area contributed by atoms with E-state index in [0.29, 0.717) is 13.2 Å². The molecule has 0 bridgehead atoms. The highest BCUT2D eigenvalue weighted by atomic mass is 17.2. The van der Waals surface area contributed by atoms with E-state index < -0.39 is 141 Å². The number of carbonyl (C=O) groups is 9. The van der Waals surface area contributed by atoms with Gasteiger partial charge >= 0.3 is 6.09 Å². The molecular weight excluding hydrogens is 1020 g/mol. The first-order valence-electron chi connectivity index (χ1n) is 24.6. The zero-order valence-electron chi connectivity index (χ0n) is 45.7. The van der Waals surface area contributed by atoms with Crippen molar-refractivity contribution in [3.8, 4) is 0 Å². The van der Waals surface area contributed by atoms with Gasteiger partial charge in [0, 0.05) is 39.0 Å². The highest BCUT2D eigenvalue weighted by Crippen LogP contribution is 2.09. The number of hydrogen-bond donors (Lipinski definition) is 8. The van der Waals surface area contributed by atoms with Gasteiger partial charge in [-0.2, -0.15) is 0 Å². The number of ether oxygens (including phenoxy) is 3. The van der Waals surface area contributed by atoms with Crippen molar-refractivity contribution in [1.29, 1.82) is 0 Å². The molecule has 0 heterocycles. The summed E-state index contributed by atoms with van der Waals surface area (Å²) in [6.07, 6.45) is -7.78. The lowest BCUT2D eigenvalue weighted by atomic mass is 10.1. The van der Waals surface area contributed by atoms with Crippen LogP contribution in [-0.4, -0.2) is 189 Å². The van der Waals surface area contributed by atoms with Crippen LogP contribution in [0.2, 0.25) is 0 Å². The average Bonchev–Trinajstić information content (AvgIpc) is 3.35. The number of nitrogens with one attached hydrogen (secondary N) is 8. The summed E-state index contributed by atoms with van der Waals surface area (Å²) in [6, 6.07) is -4.43. The second-order valence-electron chi connectivity index (χ2n) is 16.4. The largest absolute Gasteiger partial charge is 0.449 e. The second kappa shape index (κ2) is 42.6. The zero-order chi connectivity index (χ0) is 57.4. The molecule has 440 valence electrons. The van der Waals surface area contributed by atoms with Crippen LogP contribution in [0.15, 0.2) is 0 Å². The van der Waals surface area contributed by atoms with E-state index >= 15 is 0 Å². The Morgan fingerprint density at radius 2 is 0.842 bits per heavy atom. The average molecular weight is 1100 g/mol. The predicted octanol–water partition coefficient (Wildman–Crippen LogP) is -0.967. The van der Waals surface area contributed by atoms with E-state index in [2.05, 4.69) is 62.1 Å². The summed E-state index contributed by atoms with van der Waals surface area (Å²) in [6.45, 7) is 11.1. The first-order chi connectivity index (χ1) is 36.2. The fourth-order valence-electron chi connectivity index (χ4n) is 6.41. The van der Waals surface area contributed by atoms with Gasteiger partial charge < -0.3 is 56.7 Å². The van der Waals surface area contributed by atoms with E-state index in [1.807, 2.05) is 13.8 Å². The van der Waals surface area contributed by atoms with Gasteiger partial charge in [0.1, 0.15) is 31.3 Å². The summed E-state index contributed by atoms with van der Waals surface area (Å²) in [5.41, 5.74) is 0. The van der Waals surface area contributed by atoms with E-state index in [1.165, 1.54) is 70.2 Å². The third kappa shape index (κ3) is 33.6. The van der Waals surface area contributed by atoms with Crippen LogP contribution < -0.4 is 42.5 Å². The molecule has 0 fully saturated rings.